The smallest absolute Gasteiger partial charge is 0.326 e. The molecule has 0 radical (unpaired) electrons. The molecule has 0 saturated carbocycles. The van der Waals surface area contributed by atoms with Gasteiger partial charge in [-0.3, -0.25) is 9.10 Å². The van der Waals surface area contributed by atoms with Gasteiger partial charge in [-0.15, -0.1) is 0 Å². The number of ether oxygens (including phenoxy) is 2. The molecule has 26 heavy (non-hydrogen) atoms. The average molecular weight is 377 g/mol. The number of rotatable bonds is 7. The summed E-state index contributed by atoms with van der Waals surface area (Å²) in [5.74, 6) is -0.0156. The zero-order chi connectivity index (χ0) is 19.3. The van der Waals surface area contributed by atoms with E-state index >= 15 is 0 Å². The van der Waals surface area contributed by atoms with E-state index in [1.54, 1.807) is 44.2 Å². The number of carbonyl (C=O) groups is 1. The normalized spacial score (nSPS) is 11.1. The van der Waals surface area contributed by atoms with E-state index in [0.717, 1.165) is 9.87 Å². The third-order valence-electron chi connectivity index (χ3n) is 3.85. The van der Waals surface area contributed by atoms with Gasteiger partial charge in [0.1, 0.15) is 12.3 Å². The number of hydrogen-bond acceptors (Lipinski definition) is 5. The van der Waals surface area contributed by atoms with Crippen molar-refractivity contribution in [2.75, 3.05) is 24.6 Å². The first-order valence-electron chi connectivity index (χ1n) is 8.19. The molecule has 0 heterocycles. The van der Waals surface area contributed by atoms with Crippen molar-refractivity contribution >= 4 is 21.7 Å². The molecule has 0 aliphatic heterocycles. The predicted octanol–water partition coefficient (Wildman–Crippen LogP) is 3.07. The Bertz CT molecular complexity index is 875. The van der Waals surface area contributed by atoms with E-state index in [1.165, 1.54) is 19.2 Å². The van der Waals surface area contributed by atoms with Crippen LogP contribution in [-0.4, -0.2) is 34.6 Å². The molecule has 0 aromatic heterocycles. The lowest BCUT2D eigenvalue weighted by atomic mass is 10.2. The Kier molecular flexibility index (Phi) is 6.26. The summed E-state index contributed by atoms with van der Waals surface area (Å²) in [6.45, 7) is 5.13. The van der Waals surface area contributed by atoms with Crippen molar-refractivity contribution in [2.24, 2.45) is 0 Å². The van der Waals surface area contributed by atoms with Crippen LogP contribution < -0.4 is 9.04 Å². The molecule has 2 aromatic carbocycles. The molecule has 140 valence electrons. The van der Waals surface area contributed by atoms with E-state index in [-0.39, 0.29) is 11.5 Å². The molecule has 7 heteroatoms. The van der Waals surface area contributed by atoms with Crippen LogP contribution in [0, 0.1) is 13.8 Å². The first kappa shape index (κ1) is 19.8. The molecule has 0 bridgehead atoms. The lowest BCUT2D eigenvalue weighted by Crippen LogP contribution is -2.36. The SMILES string of the molecule is CCOC(=O)CN(c1ccc(C)cc1)S(=O)(=O)c1ccc(OC)c(C)c1. The van der Waals surface area contributed by atoms with Crippen LogP contribution in [0.2, 0.25) is 0 Å². The summed E-state index contributed by atoms with van der Waals surface area (Å²) in [5, 5.41) is 0. The number of sulfonamides is 1. The highest BCUT2D eigenvalue weighted by molar-refractivity contribution is 7.92. The summed E-state index contributed by atoms with van der Waals surface area (Å²) < 4.78 is 37.6. The second-order valence-corrected chi connectivity index (χ2v) is 7.65. The predicted molar refractivity (Wildman–Crippen MR) is 100 cm³/mol. The van der Waals surface area contributed by atoms with Gasteiger partial charge in [0.2, 0.25) is 0 Å². The Hall–Kier alpha value is -2.54. The average Bonchev–Trinajstić information content (AvgIpc) is 2.60. The monoisotopic (exact) mass is 377 g/mol. The molecule has 0 N–H and O–H groups in total. The maximum Gasteiger partial charge on any atom is 0.326 e. The van der Waals surface area contributed by atoms with Crippen LogP contribution in [0.5, 0.6) is 5.75 Å². The number of hydrogen-bond donors (Lipinski definition) is 0. The zero-order valence-electron chi connectivity index (χ0n) is 15.4. The third-order valence-corrected chi connectivity index (χ3v) is 5.62. The first-order chi connectivity index (χ1) is 12.3. The number of nitrogens with zero attached hydrogens (tertiary/aromatic N) is 1. The van der Waals surface area contributed by atoms with Gasteiger partial charge >= 0.3 is 5.97 Å². The van der Waals surface area contributed by atoms with Crippen LogP contribution in [0.3, 0.4) is 0 Å². The van der Waals surface area contributed by atoms with Crippen molar-refractivity contribution < 1.29 is 22.7 Å². The van der Waals surface area contributed by atoms with Crippen LogP contribution in [0.4, 0.5) is 5.69 Å². The van der Waals surface area contributed by atoms with Crippen LogP contribution in [-0.2, 0) is 19.6 Å². The maximum atomic E-state index is 13.2. The summed E-state index contributed by atoms with van der Waals surface area (Å²) in [5.41, 5.74) is 2.08. The first-order valence-corrected chi connectivity index (χ1v) is 9.63. The number of benzene rings is 2. The number of anilines is 1. The van der Waals surface area contributed by atoms with Gasteiger partial charge in [0.05, 0.1) is 24.3 Å². The van der Waals surface area contributed by atoms with E-state index in [4.69, 9.17) is 9.47 Å². The standard InChI is InChI=1S/C19H23NO5S/c1-5-25-19(21)13-20(16-8-6-14(2)7-9-16)26(22,23)17-10-11-18(24-4)15(3)12-17/h6-12H,5,13H2,1-4H3. The van der Waals surface area contributed by atoms with Crippen LogP contribution in [0.25, 0.3) is 0 Å². The summed E-state index contributed by atoms with van der Waals surface area (Å²) >= 11 is 0. The molecule has 0 fully saturated rings. The molecule has 0 aliphatic rings. The fraction of sp³-hybridized carbons (Fsp3) is 0.316. The second-order valence-electron chi connectivity index (χ2n) is 5.78. The molecule has 2 rings (SSSR count). The number of carbonyl (C=O) groups excluding carboxylic acids is 1. The summed E-state index contributed by atoms with van der Waals surface area (Å²) in [6, 6.07) is 11.5. The third kappa shape index (κ3) is 4.35. The zero-order valence-corrected chi connectivity index (χ0v) is 16.2. The molecular weight excluding hydrogens is 354 g/mol. The van der Waals surface area contributed by atoms with Gasteiger partial charge in [0.15, 0.2) is 0 Å². The van der Waals surface area contributed by atoms with Gasteiger partial charge in [0.25, 0.3) is 10.0 Å². The van der Waals surface area contributed by atoms with Crippen molar-refractivity contribution in [3.63, 3.8) is 0 Å². The fourth-order valence-electron chi connectivity index (χ4n) is 2.49. The molecule has 2 aromatic rings. The Morgan fingerprint density at radius 3 is 2.27 bits per heavy atom. The lowest BCUT2D eigenvalue weighted by molar-refractivity contribution is -0.141. The molecule has 0 amide bonds. The quantitative estimate of drug-likeness (QED) is 0.694. The Morgan fingerprint density at radius 2 is 1.73 bits per heavy atom. The molecule has 0 aliphatic carbocycles. The van der Waals surface area contributed by atoms with Crippen molar-refractivity contribution in [3.05, 3.63) is 53.6 Å². The van der Waals surface area contributed by atoms with Gasteiger partial charge in [0, 0.05) is 0 Å². The number of aryl methyl sites for hydroxylation is 2. The number of esters is 1. The largest absolute Gasteiger partial charge is 0.496 e. The summed E-state index contributed by atoms with van der Waals surface area (Å²) in [7, 11) is -2.43. The summed E-state index contributed by atoms with van der Waals surface area (Å²) in [4.78, 5) is 12.1. The lowest BCUT2D eigenvalue weighted by Gasteiger charge is -2.24. The van der Waals surface area contributed by atoms with E-state index in [1.807, 2.05) is 6.92 Å². The van der Waals surface area contributed by atoms with Crippen molar-refractivity contribution in [1.82, 2.24) is 0 Å². The molecular formula is C19H23NO5S. The van der Waals surface area contributed by atoms with Gasteiger partial charge < -0.3 is 9.47 Å². The van der Waals surface area contributed by atoms with E-state index in [9.17, 15) is 13.2 Å². The van der Waals surface area contributed by atoms with Gasteiger partial charge in [-0.1, -0.05) is 17.7 Å². The Morgan fingerprint density at radius 1 is 1.08 bits per heavy atom. The highest BCUT2D eigenvalue weighted by Gasteiger charge is 2.28. The van der Waals surface area contributed by atoms with Crippen LogP contribution in [0.1, 0.15) is 18.1 Å². The van der Waals surface area contributed by atoms with Crippen LogP contribution >= 0.6 is 0 Å². The molecule has 0 saturated heterocycles. The Balaban J connectivity index is 2.49. The number of methoxy groups -OCH3 is 1. The van der Waals surface area contributed by atoms with E-state index in [0.29, 0.717) is 17.0 Å². The molecule has 0 atom stereocenters. The second kappa shape index (κ2) is 8.23. The van der Waals surface area contributed by atoms with E-state index in [2.05, 4.69) is 0 Å². The van der Waals surface area contributed by atoms with Gasteiger partial charge in [-0.05, 0) is 56.7 Å². The molecule has 6 nitrogen and oxygen atoms in total. The summed E-state index contributed by atoms with van der Waals surface area (Å²) in [6.07, 6.45) is 0. The van der Waals surface area contributed by atoms with Crippen LogP contribution in [0.15, 0.2) is 47.4 Å². The molecule has 0 spiro atoms. The fourth-order valence-corrected chi connectivity index (χ4v) is 3.98. The van der Waals surface area contributed by atoms with Gasteiger partial charge in [-0.2, -0.15) is 0 Å². The van der Waals surface area contributed by atoms with Crippen molar-refractivity contribution in [3.8, 4) is 5.75 Å². The highest BCUT2D eigenvalue weighted by Crippen LogP contribution is 2.27. The molecule has 0 unspecified atom stereocenters. The highest BCUT2D eigenvalue weighted by atomic mass is 32.2. The maximum absolute atomic E-state index is 13.2. The Labute approximate surface area is 154 Å². The minimum absolute atomic E-state index is 0.0840. The van der Waals surface area contributed by atoms with Crippen molar-refractivity contribution in [1.29, 1.82) is 0 Å². The topological polar surface area (TPSA) is 72.9 Å². The van der Waals surface area contributed by atoms with Crippen molar-refractivity contribution in [2.45, 2.75) is 25.7 Å². The van der Waals surface area contributed by atoms with E-state index < -0.39 is 22.5 Å². The minimum Gasteiger partial charge on any atom is -0.496 e. The minimum atomic E-state index is -3.95. The van der Waals surface area contributed by atoms with Gasteiger partial charge in [-0.25, -0.2) is 8.42 Å².